The summed E-state index contributed by atoms with van der Waals surface area (Å²) in [5.41, 5.74) is 1.08. The molecule has 110 valence electrons. The normalized spacial score (nSPS) is 12.2. The highest BCUT2D eigenvalue weighted by molar-refractivity contribution is 7.99. The van der Waals surface area contributed by atoms with Gasteiger partial charge in [0.15, 0.2) is 10.8 Å². The lowest BCUT2D eigenvalue weighted by molar-refractivity contribution is -0.141. The highest BCUT2D eigenvalue weighted by atomic mass is 32.2. The zero-order valence-electron chi connectivity index (χ0n) is 10.6. The molecule has 2 aromatic heterocycles. The summed E-state index contributed by atoms with van der Waals surface area (Å²) in [6, 6.07) is 0. The lowest BCUT2D eigenvalue weighted by Gasteiger charge is -2.11. The van der Waals surface area contributed by atoms with E-state index in [1.165, 1.54) is 11.7 Å². The van der Waals surface area contributed by atoms with Gasteiger partial charge in [0, 0.05) is 7.05 Å². The lowest BCUT2D eigenvalue weighted by Crippen LogP contribution is -2.19. The second-order valence-corrected chi connectivity index (χ2v) is 5.10. The maximum atomic E-state index is 12.7. The van der Waals surface area contributed by atoms with Gasteiger partial charge in [-0.25, -0.2) is 4.98 Å². The molecule has 10 heteroatoms. The number of thioether (sulfide) groups is 1. The average molecular weight is 308 g/mol. The molecule has 0 fully saturated rings. The number of aromatic nitrogens is 4. The summed E-state index contributed by atoms with van der Waals surface area (Å²) < 4.78 is 40.2. The van der Waals surface area contributed by atoms with E-state index in [1.807, 2.05) is 0 Å². The zero-order chi connectivity index (χ0) is 15.1. The van der Waals surface area contributed by atoms with Gasteiger partial charge in [-0.1, -0.05) is 11.8 Å². The number of fused-ring (bicyclic) bond motifs is 1. The van der Waals surface area contributed by atoms with Crippen molar-refractivity contribution >= 4 is 28.9 Å². The van der Waals surface area contributed by atoms with Crippen molar-refractivity contribution in [3.05, 3.63) is 5.69 Å². The van der Waals surface area contributed by atoms with Crippen LogP contribution in [0.2, 0.25) is 0 Å². The van der Waals surface area contributed by atoms with Crippen molar-refractivity contribution in [1.82, 2.24) is 19.3 Å². The molecule has 0 bridgehead atoms. The molecule has 0 aliphatic heterocycles. The van der Waals surface area contributed by atoms with Crippen LogP contribution in [-0.4, -0.2) is 42.3 Å². The van der Waals surface area contributed by atoms with Crippen LogP contribution in [0.1, 0.15) is 5.69 Å². The molecule has 0 spiro atoms. The second kappa shape index (κ2) is 5.00. The first-order valence-electron chi connectivity index (χ1n) is 5.50. The van der Waals surface area contributed by atoms with Gasteiger partial charge in [0.1, 0.15) is 12.1 Å². The predicted molar refractivity (Wildman–Crippen MR) is 65.7 cm³/mol. The molecule has 0 aliphatic rings. The summed E-state index contributed by atoms with van der Waals surface area (Å²) in [7, 11) is 1.52. The molecule has 0 aromatic carbocycles. The number of carbonyl (C=O) groups is 1. The van der Waals surface area contributed by atoms with Crippen molar-refractivity contribution in [3.8, 4) is 0 Å². The number of aryl methyl sites for hydroxylation is 2. The average Bonchev–Trinajstić information content (AvgIpc) is 2.75. The number of aliphatic carboxylic acids is 1. The van der Waals surface area contributed by atoms with Crippen LogP contribution in [-0.2, 0) is 18.4 Å². The summed E-state index contributed by atoms with van der Waals surface area (Å²) in [5, 5.41) is 12.7. The third-order valence-corrected chi connectivity index (χ3v) is 3.48. The number of nitrogens with zero attached hydrogens (tertiary/aromatic N) is 4. The fraction of sp³-hybridized carbons (Fsp3) is 0.500. The van der Waals surface area contributed by atoms with Crippen LogP contribution in [0.25, 0.3) is 11.2 Å². The second-order valence-electron chi connectivity index (χ2n) is 4.16. The Kier molecular flexibility index (Phi) is 3.67. The van der Waals surface area contributed by atoms with Gasteiger partial charge < -0.3 is 5.11 Å². The Labute approximate surface area is 115 Å². The van der Waals surface area contributed by atoms with Crippen LogP contribution in [0.5, 0.6) is 0 Å². The minimum Gasteiger partial charge on any atom is -0.481 e. The summed E-state index contributed by atoms with van der Waals surface area (Å²) >= 11 is 0.755. The molecule has 0 saturated carbocycles. The minimum atomic E-state index is -4.43. The van der Waals surface area contributed by atoms with E-state index in [0.29, 0.717) is 11.2 Å². The SMILES string of the molecule is Cc1nn(C)c2c1nc(SCC(=O)O)n2CC(F)(F)F. The van der Waals surface area contributed by atoms with Crippen molar-refractivity contribution in [1.29, 1.82) is 0 Å². The van der Waals surface area contributed by atoms with E-state index in [2.05, 4.69) is 10.1 Å². The van der Waals surface area contributed by atoms with Crippen molar-refractivity contribution in [2.45, 2.75) is 24.8 Å². The number of alkyl halides is 3. The highest BCUT2D eigenvalue weighted by Gasteiger charge is 2.32. The molecule has 2 heterocycles. The molecular weight excluding hydrogens is 297 g/mol. The molecule has 0 amide bonds. The molecule has 1 N–H and O–H groups in total. The first-order chi connectivity index (χ1) is 9.19. The number of imidazole rings is 1. The van der Waals surface area contributed by atoms with E-state index in [4.69, 9.17) is 5.11 Å². The summed E-state index contributed by atoms with van der Waals surface area (Å²) in [5.74, 6) is -1.47. The Balaban J connectivity index is 2.52. The maximum absolute atomic E-state index is 12.7. The molecule has 0 unspecified atom stereocenters. The third kappa shape index (κ3) is 2.89. The van der Waals surface area contributed by atoms with Crippen LogP contribution in [0.15, 0.2) is 5.16 Å². The smallest absolute Gasteiger partial charge is 0.406 e. The topological polar surface area (TPSA) is 72.9 Å². The first kappa shape index (κ1) is 14.7. The van der Waals surface area contributed by atoms with E-state index in [-0.39, 0.29) is 16.6 Å². The maximum Gasteiger partial charge on any atom is 0.406 e. The molecule has 0 saturated heterocycles. The van der Waals surface area contributed by atoms with Gasteiger partial charge in [0.25, 0.3) is 0 Å². The number of carboxylic acid groups (broad SMARTS) is 1. The Morgan fingerprint density at radius 3 is 2.65 bits per heavy atom. The van der Waals surface area contributed by atoms with Crippen LogP contribution >= 0.6 is 11.8 Å². The van der Waals surface area contributed by atoms with Gasteiger partial charge in [-0.15, -0.1) is 0 Å². The molecular formula is C10H11F3N4O2S. The monoisotopic (exact) mass is 308 g/mol. The van der Waals surface area contributed by atoms with Gasteiger partial charge in [-0.05, 0) is 6.92 Å². The Hall–Kier alpha value is -1.71. The molecule has 0 aliphatic carbocycles. The number of carboxylic acids is 1. The van der Waals surface area contributed by atoms with Crippen molar-refractivity contribution in [2.24, 2.45) is 7.05 Å². The standard InChI is InChI=1S/C10H11F3N4O2S/c1-5-7-8(16(2)15-5)17(4-10(11,12)13)9(14-7)20-3-6(18)19/h3-4H2,1-2H3,(H,18,19). The van der Waals surface area contributed by atoms with Crippen LogP contribution < -0.4 is 0 Å². The largest absolute Gasteiger partial charge is 0.481 e. The van der Waals surface area contributed by atoms with E-state index in [0.717, 1.165) is 16.3 Å². The van der Waals surface area contributed by atoms with E-state index >= 15 is 0 Å². The number of hydrogen-bond donors (Lipinski definition) is 1. The van der Waals surface area contributed by atoms with Gasteiger partial charge >= 0.3 is 12.1 Å². The summed E-state index contributed by atoms with van der Waals surface area (Å²) in [6.45, 7) is 0.406. The van der Waals surface area contributed by atoms with Gasteiger partial charge in [-0.2, -0.15) is 18.3 Å². The molecule has 0 radical (unpaired) electrons. The molecule has 2 rings (SSSR count). The number of rotatable bonds is 4. The van der Waals surface area contributed by atoms with Crippen molar-refractivity contribution < 1.29 is 23.1 Å². The Morgan fingerprint density at radius 1 is 1.45 bits per heavy atom. The van der Waals surface area contributed by atoms with Crippen molar-refractivity contribution in [3.63, 3.8) is 0 Å². The van der Waals surface area contributed by atoms with Crippen LogP contribution in [0.4, 0.5) is 13.2 Å². The van der Waals surface area contributed by atoms with E-state index in [1.54, 1.807) is 6.92 Å². The van der Waals surface area contributed by atoms with Gasteiger partial charge in [0.05, 0.1) is 11.4 Å². The van der Waals surface area contributed by atoms with Gasteiger partial charge in [0.2, 0.25) is 0 Å². The quantitative estimate of drug-likeness (QED) is 0.872. The Morgan fingerprint density at radius 2 is 2.10 bits per heavy atom. The van der Waals surface area contributed by atoms with Crippen LogP contribution in [0, 0.1) is 6.92 Å². The predicted octanol–water partition coefficient (Wildman–Crippen LogP) is 1.82. The third-order valence-electron chi connectivity index (χ3n) is 2.52. The first-order valence-corrected chi connectivity index (χ1v) is 6.49. The molecule has 20 heavy (non-hydrogen) atoms. The Bertz CT molecular complexity index is 662. The van der Waals surface area contributed by atoms with E-state index in [9.17, 15) is 18.0 Å². The highest BCUT2D eigenvalue weighted by Crippen LogP contribution is 2.29. The van der Waals surface area contributed by atoms with Crippen LogP contribution in [0.3, 0.4) is 0 Å². The van der Waals surface area contributed by atoms with Crippen molar-refractivity contribution in [2.75, 3.05) is 5.75 Å². The summed E-state index contributed by atoms with van der Waals surface area (Å²) in [6.07, 6.45) is -4.43. The minimum absolute atomic E-state index is 0.0239. The fourth-order valence-electron chi connectivity index (χ4n) is 1.87. The number of halogens is 3. The number of hydrogen-bond acceptors (Lipinski definition) is 4. The molecule has 2 aromatic rings. The van der Waals surface area contributed by atoms with E-state index < -0.39 is 18.7 Å². The molecule has 6 nitrogen and oxygen atoms in total. The molecule has 0 atom stereocenters. The zero-order valence-corrected chi connectivity index (χ0v) is 11.4. The van der Waals surface area contributed by atoms with Gasteiger partial charge in [-0.3, -0.25) is 14.0 Å². The summed E-state index contributed by atoms with van der Waals surface area (Å²) in [4.78, 5) is 14.6. The fourth-order valence-corrected chi connectivity index (χ4v) is 2.59. The lowest BCUT2D eigenvalue weighted by atomic mass is 10.4.